The highest BCUT2D eigenvalue weighted by Gasteiger charge is 2.07. The van der Waals surface area contributed by atoms with Gasteiger partial charge in [0.15, 0.2) is 11.6 Å². The first kappa shape index (κ1) is 13.6. The van der Waals surface area contributed by atoms with Crippen molar-refractivity contribution in [2.24, 2.45) is 5.73 Å². The summed E-state index contributed by atoms with van der Waals surface area (Å²) < 4.78 is 21.3. The second kappa shape index (κ2) is 5.93. The van der Waals surface area contributed by atoms with E-state index in [1.165, 1.54) is 6.07 Å². The summed E-state index contributed by atoms with van der Waals surface area (Å²) in [5.41, 5.74) is 7.92. The molecule has 0 aliphatic carbocycles. The minimum absolute atomic E-state index is 0.229. The van der Waals surface area contributed by atoms with Crippen molar-refractivity contribution in [3.63, 3.8) is 0 Å². The van der Waals surface area contributed by atoms with Crippen LogP contribution in [0.2, 0.25) is 0 Å². The molecule has 0 bridgehead atoms. The highest BCUT2D eigenvalue weighted by Crippen LogP contribution is 2.20. The molecule has 0 spiro atoms. The zero-order valence-electron chi connectivity index (χ0n) is 11.5. The second-order valence-electron chi connectivity index (χ2n) is 4.79. The Labute approximate surface area is 122 Å². The summed E-state index contributed by atoms with van der Waals surface area (Å²) in [5.74, 6) is -0.141. The molecule has 5 heteroatoms. The minimum atomic E-state index is -0.371. The van der Waals surface area contributed by atoms with Crippen molar-refractivity contribution in [1.82, 2.24) is 9.38 Å². The molecular weight excluding hydrogens is 269 g/mol. The predicted molar refractivity (Wildman–Crippen MR) is 78.7 cm³/mol. The monoisotopic (exact) mass is 285 g/mol. The fourth-order valence-corrected chi connectivity index (χ4v) is 2.19. The minimum Gasteiger partial charge on any atom is -0.484 e. The first-order chi connectivity index (χ1) is 10.3. The quantitative estimate of drug-likeness (QED) is 0.784. The van der Waals surface area contributed by atoms with Crippen LogP contribution in [0.15, 0.2) is 48.8 Å². The Morgan fingerprint density at radius 2 is 2.14 bits per heavy atom. The van der Waals surface area contributed by atoms with Crippen LogP contribution in [-0.2, 0) is 13.0 Å². The van der Waals surface area contributed by atoms with Gasteiger partial charge in [0.25, 0.3) is 0 Å². The van der Waals surface area contributed by atoms with E-state index < -0.39 is 0 Å². The van der Waals surface area contributed by atoms with E-state index in [4.69, 9.17) is 10.5 Å². The number of ether oxygens (including phenoxy) is 1. The topological polar surface area (TPSA) is 52.5 Å². The van der Waals surface area contributed by atoms with Crippen molar-refractivity contribution in [3.05, 3.63) is 65.9 Å². The molecule has 0 atom stereocenters. The van der Waals surface area contributed by atoms with Gasteiger partial charge in [-0.15, -0.1) is 0 Å². The number of hydrogen-bond acceptors (Lipinski definition) is 3. The maximum Gasteiger partial charge on any atom is 0.165 e. The van der Waals surface area contributed by atoms with E-state index in [0.29, 0.717) is 13.0 Å². The van der Waals surface area contributed by atoms with Gasteiger partial charge in [-0.05, 0) is 42.8 Å². The SMILES string of the molecule is NCCc1ccc(OCc2cn3ccccc3n2)c(F)c1. The number of rotatable bonds is 5. The molecule has 3 aromatic rings. The molecule has 0 saturated carbocycles. The van der Waals surface area contributed by atoms with Gasteiger partial charge in [-0.1, -0.05) is 12.1 Å². The van der Waals surface area contributed by atoms with Crippen LogP contribution in [0.1, 0.15) is 11.3 Å². The molecule has 0 fully saturated rings. The van der Waals surface area contributed by atoms with Crippen molar-refractivity contribution in [1.29, 1.82) is 0 Å². The van der Waals surface area contributed by atoms with Crippen LogP contribution < -0.4 is 10.5 Å². The average Bonchev–Trinajstić information content (AvgIpc) is 2.89. The summed E-state index contributed by atoms with van der Waals surface area (Å²) in [6, 6.07) is 10.7. The van der Waals surface area contributed by atoms with Crippen molar-refractivity contribution < 1.29 is 9.13 Å². The zero-order chi connectivity index (χ0) is 14.7. The van der Waals surface area contributed by atoms with Gasteiger partial charge >= 0.3 is 0 Å². The summed E-state index contributed by atoms with van der Waals surface area (Å²) in [7, 11) is 0. The van der Waals surface area contributed by atoms with Crippen molar-refractivity contribution in [3.8, 4) is 5.75 Å². The van der Waals surface area contributed by atoms with Crippen LogP contribution in [0.5, 0.6) is 5.75 Å². The Balaban J connectivity index is 1.72. The predicted octanol–water partition coefficient (Wildman–Crippen LogP) is 2.55. The lowest BCUT2D eigenvalue weighted by Gasteiger charge is -2.07. The van der Waals surface area contributed by atoms with E-state index in [9.17, 15) is 4.39 Å². The summed E-state index contributed by atoms with van der Waals surface area (Å²) >= 11 is 0. The molecule has 2 aromatic heterocycles. The first-order valence-electron chi connectivity index (χ1n) is 6.80. The van der Waals surface area contributed by atoms with E-state index in [1.807, 2.05) is 41.1 Å². The number of hydrogen-bond donors (Lipinski definition) is 1. The summed E-state index contributed by atoms with van der Waals surface area (Å²) in [6.45, 7) is 0.732. The van der Waals surface area contributed by atoms with Gasteiger partial charge in [0.1, 0.15) is 12.3 Å². The molecule has 4 nitrogen and oxygen atoms in total. The Hall–Kier alpha value is -2.40. The number of halogens is 1. The molecule has 0 amide bonds. The molecule has 3 rings (SSSR count). The number of benzene rings is 1. The molecule has 2 N–H and O–H groups in total. The lowest BCUT2D eigenvalue weighted by molar-refractivity contribution is 0.286. The van der Waals surface area contributed by atoms with Gasteiger partial charge in [0, 0.05) is 12.4 Å². The Morgan fingerprint density at radius 3 is 2.90 bits per heavy atom. The van der Waals surface area contributed by atoms with Crippen molar-refractivity contribution in [2.75, 3.05) is 6.54 Å². The largest absolute Gasteiger partial charge is 0.484 e. The molecule has 21 heavy (non-hydrogen) atoms. The highest BCUT2D eigenvalue weighted by molar-refractivity contribution is 5.39. The van der Waals surface area contributed by atoms with Gasteiger partial charge in [-0.25, -0.2) is 9.37 Å². The number of nitrogens with two attached hydrogens (primary N) is 1. The van der Waals surface area contributed by atoms with E-state index in [1.54, 1.807) is 6.07 Å². The average molecular weight is 285 g/mol. The molecular formula is C16H16FN3O. The Kier molecular flexibility index (Phi) is 3.83. The van der Waals surface area contributed by atoms with E-state index in [-0.39, 0.29) is 18.2 Å². The van der Waals surface area contributed by atoms with Crippen LogP contribution in [-0.4, -0.2) is 15.9 Å². The number of fused-ring (bicyclic) bond motifs is 1. The van der Waals surface area contributed by atoms with Crippen LogP contribution in [0.4, 0.5) is 4.39 Å². The molecule has 0 radical (unpaired) electrons. The normalized spacial score (nSPS) is 11.0. The highest BCUT2D eigenvalue weighted by atomic mass is 19.1. The number of aromatic nitrogens is 2. The van der Waals surface area contributed by atoms with E-state index >= 15 is 0 Å². The lowest BCUT2D eigenvalue weighted by atomic mass is 10.1. The smallest absolute Gasteiger partial charge is 0.165 e. The molecule has 2 heterocycles. The molecule has 0 aliphatic heterocycles. The van der Waals surface area contributed by atoms with Crippen LogP contribution in [0.25, 0.3) is 5.65 Å². The standard InChI is InChI=1S/C16H16FN3O/c17-14-9-12(6-7-18)4-5-15(14)21-11-13-10-20-8-2-1-3-16(20)19-13/h1-5,8-10H,6-7,11,18H2. The van der Waals surface area contributed by atoms with Crippen LogP contribution in [0, 0.1) is 5.82 Å². The summed E-state index contributed by atoms with van der Waals surface area (Å²) in [6.07, 6.45) is 4.44. The third kappa shape index (κ3) is 3.03. The number of nitrogens with zero attached hydrogens (tertiary/aromatic N) is 2. The number of pyridine rings is 1. The van der Waals surface area contributed by atoms with Gasteiger partial charge in [0.2, 0.25) is 0 Å². The van der Waals surface area contributed by atoms with Crippen molar-refractivity contribution in [2.45, 2.75) is 13.0 Å². The van der Waals surface area contributed by atoms with Gasteiger partial charge < -0.3 is 14.9 Å². The van der Waals surface area contributed by atoms with Crippen LogP contribution in [0.3, 0.4) is 0 Å². The van der Waals surface area contributed by atoms with Gasteiger partial charge in [-0.2, -0.15) is 0 Å². The maximum atomic E-state index is 13.9. The molecule has 0 aliphatic rings. The third-order valence-electron chi connectivity index (χ3n) is 3.22. The molecule has 0 unspecified atom stereocenters. The Bertz CT molecular complexity index is 721. The van der Waals surface area contributed by atoms with Crippen LogP contribution >= 0.6 is 0 Å². The summed E-state index contributed by atoms with van der Waals surface area (Å²) in [5, 5.41) is 0. The van der Waals surface area contributed by atoms with E-state index in [2.05, 4.69) is 4.98 Å². The molecule has 108 valence electrons. The molecule has 1 aromatic carbocycles. The summed E-state index contributed by atoms with van der Waals surface area (Å²) in [4.78, 5) is 4.40. The second-order valence-corrected chi connectivity index (χ2v) is 4.79. The lowest BCUT2D eigenvalue weighted by Crippen LogP contribution is -2.03. The number of imidazole rings is 1. The van der Waals surface area contributed by atoms with E-state index in [0.717, 1.165) is 16.9 Å². The molecule has 0 saturated heterocycles. The zero-order valence-corrected chi connectivity index (χ0v) is 11.5. The van der Waals surface area contributed by atoms with Gasteiger partial charge in [-0.3, -0.25) is 0 Å². The Morgan fingerprint density at radius 1 is 1.24 bits per heavy atom. The fourth-order valence-electron chi connectivity index (χ4n) is 2.19. The fraction of sp³-hybridized carbons (Fsp3) is 0.188. The van der Waals surface area contributed by atoms with Crippen molar-refractivity contribution >= 4 is 5.65 Å². The van der Waals surface area contributed by atoms with Gasteiger partial charge in [0.05, 0.1) is 5.69 Å². The third-order valence-corrected chi connectivity index (χ3v) is 3.22. The first-order valence-corrected chi connectivity index (χ1v) is 6.80. The maximum absolute atomic E-state index is 13.9.